The molecule has 2 N–H and O–H groups in total. The fraction of sp³-hybridized carbons (Fsp3) is 0.250. The van der Waals surface area contributed by atoms with Crippen molar-refractivity contribution in [3.63, 3.8) is 0 Å². The summed E-state index contributed by atoms with van der Waals surface area (Å²) in [5, 5.41) is 30.2. The van der Waals surface area contributed by atoms with Gasteiger partial charge in [0, 0.05) is 18.7 Å². The molecule has 2 rings (SSSR count). The smallest absolute Gasteiger partial charge is 0.303 e. The summed E-state index contributed by atoms with van der Waals surface area (Å²) in [7, 11) is 0. The summed E-state index contributed by atoms with van der Waals surface area (Å²) in [5.41, 5.74) is 4.16. The lowest BCUT2D eigenvalue weighted by Crippen LogP contribution is -2.08. The van der Waals surface area contributed by atoms with Crippen LogP contribution in [0.1, 0.15) is 35.1 Å². The predicted molar refractivity (Wildman–Crippen MR) is 95.1 cm³/mol. The number of hydrogen-bond acceptors (Lipinski definition) is 4. The number of benzene rings is 2. The molecule has 5 nitrogen and oxygen atoms in total. The number of hydrogen-bond donors (Lipinski definition) is 2. The van der Waals surface area contributed by atoms with Crippen LogP contribution in [-0.4, -0.2) is 17.6 Å². The highest BCUT2D eigenvalue weighted by atomic mass is 16.4. The topological polar surface area (TPSA) is 96.9 Å². The van der Waals surface area contributed by atoms with Crippen LogP contribution >= 0.6 is 0 Å². The number of carboxylic acids is 1. The first kappa shape index (κ1) is 18.0. The number of nitriles is 2. The van der Waals surface area contributed by atoms with E-state index in [1.807, 2.05) is 24.3 Å². The van der Waals surface area contributed by atoms with E-state index in [0.717, 1.165) is 23.2 Å². The lowest BCUT2D eigenvalue weighted by atomic mass is 9.98. The molecule has 0 spiro atoms. The van der Waals surface area contributed by atoms with E-state index in [1.54, 1.807) is 18.2 Å². The summed E-state index contributed by atoms with van der Waals surface area (Å²) in [6.45, 7) is 0.547. The van der Waals surface area contributed by atoms with Crippen molar-refractivity contribution in [1.82, 2.24) is 0 Å². The normalized spacial score (nSPS) is 9.84. The largest absolute Gasteiger partial charge is 0.481 e. The first-order valence-electron chi connectivity index (χ1n) is 8.10. The first-order valence-corrected chi connectivity index (χ1v) is 8.10. The van der Waals surface area contributed by atoms with E-state index in [4.69, 9.17) is 10.4 Å². The van der Waals surface area contributed by atoms with E-state index >= 15 is 0 Å². The molecule has 0 aromatic heterocycles. The first-order chi connectivity index (χ1) is 12.1. The third-order valence-corrected chi connectivity index (χ3v) is 3.93. The van der Waals surface area contributed by atoms with Crippen molar-refractivity contribution in [2.24, 2.45) is 0 Å². The number of anilines is 1. The monoisotopic (exact) mass is 333 g/mol. The number of nitrogens with zero attached hydrogens (tertiary/aromatic N) is 2. The second kappa shape index (κ2) is 9.10. The van der Waals surface area contributed by atoms with Crippen LogP contribution in [0.15, 0.2) is 42.5 Å². The quantitative estimate of drug-likeness (QED) is 0.721. The summed E-state index contributed by atoms with van der Waals surface area (Å²) in [6, 6.07) is 17.3. The minimum atomic E-state index is -0.811. The van der Waals surface area contributed by atoms with Crippen molar-refractivity contribution in [1.29, 1.82) is 10.5 Å². The van der Waals surface area contributed by atoms with Gasteiger partial charge in [0.1, 0.15) is 0 Å². The highest BCUT2D eigenvalue weighted by Gasteiger charge is 2.09. The van der Waals surface area contributed by atoms with E-state index in [1.165, 1.54) is 0 Å². The third kappa shape index (κ3) is 5.37. The highest BCUT2D eigenvalue weighted by Crippen LogP contribution is 2.22. The van der Waals surface area contributed by atoms with Gasteiger partial charge in [0.25, 0.3) is 0 Å². The zero-order valence-electron chi connectivity index (χ0n) is 13.8. The average molecular weight is 333 g/mol. The van der Waals surface area contributed by atoms with Crippen molar-refractivity contribution in [2.75, 3.05) is 11.9 Å². The van der Waals surface area contributed by atoms with Gasteiger partial charge in [-0.3, -0.25) is 4.79 Å². The van der Waals surface area contributed by atoms with Gasteiger partial charge < -0.3 is 10.4 Å². The molecule has 0 aliphatic carbocycles. The SMILES string of the molecule is N#Cc1ccc(CCc2c(C#N)cccc2NCCCC(=O)O)cc1. The van der Waals surface area contributed by atoms with Gasteiger partial charge in [-0.15, -0.1) is 0 Å². The zero-order chi connectivity index (χ0) is 18.1. The van der Waals surface area contributed by atoms with Crippen molar-refractivity contribution in [2.45, 2.75) is 25.7 Å². The molecule has 0 unspecified atom stereocenters. The Labute approximate surface area is 147 Å². The van der Waals surface area contributed by atoms with Crippen LogP contribution in [0.25, 0.3) is 0 Å². The van der Waals surface area contributed by atoms with Crippen LogP contribution in [0.2, 0.25) is 0 Å². The van der Waals surface area contributed by atoms with Crippen molar-refractivity contribution in [3.8, 4) is 12.1 Å². The summed E-state index contributed by atoms with van der Waals surface area (Å²) in [5.74, 6) is -0.811. The maximum Gasteiger partial charge on any atom is 0.303 e. The molecule has 0 amide bonds. The fourth-order valence-corrected chi connectivity index (χ4v) is 2.60. The molecule has 0 saturated heterocycles. The Morgan fingerprint density at radius 1 is 1.04 bits per heavy atom. The van der Waals surface area contributed by atoms with Crippen molar-refractivity contribution < 1.29 is 9.90 Å². The maximum absolute atomic E-state index is 10.6. The molecule has 0 radical (unpaired) electrons. The molecular weight excluding hydrogens is 314 g/mol. The number of carbonyl (C=O) groups is 1. The second-order valence-corrected chi connectivity index (χ2v) is 5.68. The number of nitrogens with one attached hydrogen (secondary N) is 1. The molecule has 0 aliphatic rings. The molecule has 5 heteroatoms. The summed E-state index contributed by atoms with van der Waals surface area (Å²) < 4.78 is 0. The van der Waals surface area contributed by atoms with Gasteiger partial charge in [0.05, 0.1) is 23.3 Å². The van der Waals surface area contributed by atoms with Gasteiger partial charge in [0.15, 0.2) is 0 Å². The van der Waals surface area contributed by atoms with E-state index in [9.17, 15) is 10.1 Å². The van der Waals surface area contributed by atoms with Gasteiger partial charge >= 0.3 is 5.97 Å². The van der Waals surface area contributed by atoms with Crippen LogP contribution < -0.4 is 5.32 Å². The molecule has 0 heterocycles. The molecule has 25 heavy (non-hydrogen) atoms. The lowest BCUT2D eigenvalue weighted by molar-refractivity contribution is -0.137. The standard InChI is InChI=1S/C20H19N3O2/c21-13-16-8-6-15(7-9-16)10-11-18-17(14-22)3-1-4-19(18)23-12-2-5-20(24)25/h1,3-4,6-9,23H,2,5,10-12H2,(H,24,25). The molecule has 0 saturated carbocycles. The number of rotatable bonds is 8. The van der Waals surface area contributed by atoms with E-state index in [0.29, 0.717) is 30.5 Å². The Bertz CT molecular complexity index is 814. The lowest BCUT2D eigenvalue weighted by Gasteiger charge is -2.13. The molecule has 0 aliphatic heterocycles. The Balaban J connectivity index is 2.07. The van der Waals surface area contributed by atoms with Gasteiger partial charge in [-0.05, 0) is 54.7 Å². The molecule has 2 aromatic carbocycles. The number of aryl methyl sites for hydroxylation is 1. The van der Waals surface area contributed by atoms with E-state index in [-0.39, 0.29) is 6.42 Å². The molecular formula is C20H19N3O2. The third-order valence-electron chi connectivity index (χ3n) is 3.93. The fourth-order valence-electron chi connectivity index (χ4n) is 2.60. The van der Waals surface area contributed by atoms with Gasteiger partial charge in [0.2, 0.25) is 0 Å². The Kier molecular flexibility index (Phi) is 6.56. The van der Waals surface area contributed by atoms with Crippen molar-refractivity contribution in [3.05, 3.63) is 64.7 Å². The summed E-state index contributed by atoms with van der Waals surface area (Å²) in [4.78, 5) is 10.6. The predicted octanol–water partition coefficient (Wildman–Crippen LogP) is 3.49. The molecule has 126 valence electrons. The maximum atomic E-state index is 10.6. The Hall–Kier alpha value is -3.31. The Morgan fingerprint density at radius 3 is 2.44 bits per heavy atom. The van der Waals surface area contributed by atoms with Gasteiger partial charge in [-0.25, -0.2) is 0 Å². The van der Waals surface area contributed by atoms with E-state index in [2.05, 4.69) is 17.5 Å². The molecule has 2 aromatic rings. The minimum Gasteiger partial charge on any atom is -0.481 e. The molecule has 0 bridgehead atoms. The summed E-state index contributed by atoms with van der Waals surface area (Å²) in [6.07, 6.45) is 2.10. The zero-order valence-corrected chi connectivity index (χ0v) is 13.8. The highest BCUT2D eigenvalue weighted by molar-refractivity contribution is 5.66. The van der Waals surface area contributed by atoms with Crippen LogP contribution in [0.5, 0.6) is 0 Å². The molecule has 0 fully saturated rings. The van der Waals surface area contributed by atoms with Crippen LogP contribution in [0.3, 0.4) is 0 Å². The van der Waals surface area contributed by atoms with Crippen LogP contribution in [0.4, 0.5) is 5.69 Å². The minimum absolute atomic E-state index is 0.117. The van der Waals surface area contributed by atoms with Gasteiger partial charge in [-0.1, -0.05) is 18.2 Å². The summed E-state index contributed by atoms with van der Waals surface area (Å²) >= 11 is 0. The second-order valence-electron chi connectivity index (χ2n) is 5.68. The van der Waals surface area contributed by atoms with E-state index < -0.39 is 5.97 Å². The van der Waals surface area contributed by atoms with Gasteiger partial charge in [-0.2, -0.15) is 10.5 Å². The molecule has 0 atom stereocenters. The van der Waals surface area contributed by atoms with Crippen LogP contribution in [-0.2, 0) is 17.6 Å². The number of aliphatic carboxylic acids is 1. The van der Waals surface area contributed by atoms with Crippen LogP contribution in [0, 0.1) is 22.7 Å². The Morgan fingerprint density at radius 2 is 1.80 bits per heavy atom. The average Bonchev–Trinajstić information content (AvgIpc) is 2.64. The number of carboxylic acid groups (broad SMARTS) is 1. The van der Waals surface area contributed by atoms with Crippen molar-refractivity contribution >= 4 is 11.7 Å².